The number of amides is 3. The second kappa shape index (κ2) is 9.67. The highest BCUT2D eigenvalue weighted by Gasteiger charge is 2.27. The topological polar surface area (TPSA) is 69.7 Å². The average molecular weight is 430 g/mol. The smallest absolute Gasteiger partial charge is 0.312 e. The van der Waals surface area contributed by atoms with Crippen molar-refractivity contribution in [3.8, 4) is 10.4 Å². The molecule has 0 spiro atoms. The van der Waals surface area contributed by atoms with Crippen LogP contribution in [0.4, 0.5) is 4.39 Å². The van der Waals surface area contributed by atoms with E-state index in [0.717, 1.165) is 15.3 Å². The number of thiophene rings is 1. The molecule has 1 saturated heterocycles. The minimum Gasteiger partial charge on any atom is -0.346 e. The molecule has 1 aliphatic rings. The Morgan fingerprint density at radius 2 is 1.63 bits per heavy atom. The van der Waals surface area contributed by atoms with Gasteiger partial charge in [0.2, 0.25) is 5.91 Å². The predicted molar refractivity (Wildman–Crippen MR) is 115 cm³/mol. The third-order valence-electron chi connectivity index (χ3n) is 4.64. The van der Waals surface area contributed by atoms with Crippen molar-refractivity contribution < 1.29 is 18.8 Å². The zero-order valence-corrected chi connectivity index (χ0v) is 17.7. The van der Waals surface area contributed by atoms with Crippen LogP contribution in [0.2, 0.25) is 0 Å². The number of benzene rings is 1. The van der Waals surface area contributed by atoms with Crippen molar-refractivity contribution >= 4 is 35.1 Å². The van der Waals surface area contributed by atoms with Crippen LogP contribution in [0.15, 0.2) is 42.5 Å². The Morgan fingerprint density at radius 3 is 2.27 bits per heavy atom. The van der Waals surface area contributed by atoms with E-state index in [0.29, 0.717) is 26.2 Å². The normalized spacial score (nSPS) is 14.4. The summed E-state index contributed by atoms with van der Waals surface area (Å²) in [5.74, 6) is -1.58. The van der Waals surface area contributed by atoms with Crippen LogP contribution >= 0.6 is 11.3 Å². The molecule has 1 aromatic carbocycles. The Balaban J connectivity index is 1.52. The molecule has 3 amide bonds. The molecule has 2 heterocycles. The summed E-state index contributed by atoms with van der Waals surface area (Å²) in [6.07, 6.45) is 3.27. The standard InChI is InChI=1S/C22H24FN3O3S/c1-15(2)24-21(28)22(29)26-13-11-25(12-14-26)20(27)10-8-18-7-9-19(30-18)16-3-5-17(23)6-4-16/h3-10,15H,11-14H2,1-2H3,(H,24,28). The van der Waals surface area contributed by atoms with E-state index in [1.54, 1.807) is 37.0 Å². The van der Waals surface area contributed by atoms with Gasteiger partial charge < -0.3 is 15.1 Å². The summed E-state index contributed by atoms with van der Waals surface area (Å²) >= 11 is 1.52. The fraction of sp³-hybridized carbons (Fsp3) is 0.318. The minimum absolute atomic E-state index is 0.102. The Bertz CT molecular complexity index is 945. The van der Waals surface area contributed by atoms with Gasteiger partial charge in [0.15, 0.2) is 0 Å². The van der Waals surface area contributed by atoms with E-state index in [-0.39, 0.29) is 17.8 Å². The molecule has 1 fully saturated rings. The molecule has 0 aliphatic carbocycles. The molecule has 1 aliphatic heterocycles. The largest absolute Gasteiger partial charge is 0.346 e. The lowest BCUT2D eigenvalue weighted by atomic mass is 10.2. The van der Waals surface area contributed by atoms with Crippen molar-refractivity contribution in [1.82, 2.24) is 15.1 Å². The summed E-state index contributed by atoms with van der Waals surface area (Å²) in [5.41, 5.74) is 0.926. The zero-order chi connectivity index (χ0) is 21.7. The first-order valence-corrected chi connectivity index (χ1v) is 10.6. The Morgan fingerprint density at radius 1 is 1.00 bits per heavy atom. The van der Waals surface area contributed by atoms with Gasteiger partial charge in [0.25, 0.3) is 0 Å². The van der Waals surface area contributed by atoms with Gasteiger partial charge in [0.1, 0.15) is 5.82 Å². The second-order valence-corrected chi connectivity index (χ2v) is 8.40. The highest BCUT2D eigenvalue weighted by atomic mass is 32.1. The number of carbonyl (C=O) groups is 3. The summed E-state index contributed by atoms with van der Waals surface area (Å²) in [7, 11) is 0. The van der Waals surface area contributed by atoms with Gasteiger partial charge in [-0.25, -0.2) is 4.39 Å². The number of rotatable bonds is 4. The van der Waals surface area contributed by atoms with Crippen LogP contribution in [0, 0.1) is 5.82 Å². The number of carbonyl (C=O) groups excluding carboxylic acids is 3. The maximum atomic E-state index is 13.1. The molecule has 8 heteroatoms. The van der Waals surface area contributed by atoms with E-state index in [4.69, 9.17) is 0 Å². The SMILES string of the molecule is CC(C)NC(=O)C(=O)N1CCN(C(=O)C=Cc2ccc(-c3ccc(F)cc3)s2)CC1. The molecule has 30 heavy (non-hydrogen) atoms. The Hall–Kier alpha value is -3.00. The van der Waals surface area contributed by atoms with Crippen molar-refractivity contribution in [2.75, 3.05) is 26.2 Å². The number of piperazine rings is 1. The molecule has 158 valence electrons. The average Bonchev–Trinajstić information content (AvgIpc) is 3.20. The number of halogens is 1. The fourth-order valence-electron chi connectivity index (χ4n) is 3.07. The summed E-state index contributed by atoms with van der Waals surface area (Å²) in [6, 6.07) is 10.0. The molecule has 3 rings (SSSR count). The third-order valence-corrected chi connectivity index (χ3v) is 5.74. The number of hydrogen-bond acceptors (Lipinski definition) is 4. The van der Waals surface area contributed by atoms with Gasteiger partial charge in [0.05, 0.1) is 0 Å². The first-order valence-electron chi connectivity index (χ1n) is 9.76. The lowest BCUT2D eigenvalue weighted by Gasteiger charge is -2.33. The van der Waals surface area contributed by atoms with Gasteiger partial charge >= 0.3 is 11.8 Å². The van der Waals surface area contributed by atoms with E-state index in [9.17, 15) is 18.8 Å². The summed E-state index contributed by atoms with van der Waals surface area (Å²) in [5, 5.41) is 2.59. The van der Waals surface area contributed by atoms with Crippen LogP contribution < -0.4 is 5.32 Å². The maximum absolute atomic E-state index is 13.1. The highest BCUT2D eigenvalue weighted by Crippen LogP contribution is 2.29. The Kier molecular flexibility index (Phi) is 6.99. The minimum atomic E-state index is -0.612. The molecule has 0 unspecified atom stereocenters. The molecular formula is C22H24FN3O3S. The fourth-order valence-corrected chi connectivity index (χ4v) is 3.98. The number of nitrogens with one attached hydrogen (secondary N) is 1. The summed E-state index contributed by atoms with van der Waals surface area (Å²) in [6.45, 7) is 5.02. The van der Waals surface area contributed by atoms with Crippen LogP contribution in [-0.2, 0) is 14.4 Å². The van der Waals surface area contributed by atoms with Gasteiger partial charge in [-0.2, -0.15) is 0 Å². The first kappa shape index (κ1) is 21.7. The van der Waals surface area contributed by atoms with Crippen LogP contribution in [0.3, 0.4) is 0 Å². The van der Waals surface area contributed by atoms with Crippen LogP contribution in [-0.4, -0.2) is 59.7 Å². The summed E-state index contributed by atoms with van der Waals surface area (Å²) in [4.78, 5) is 41.5. The molecule has 6 nitrogen and oxygen atoms in total. The second-order valence-electron chi connectivity index (χ2n) is 7.29. The van der Waals surface area contributed by atoms with Crippen LogP contribution in [0.1, 0.15) is 18.7 Å². The zero-order valence-electron chi connectivity index (χ0n) is 16.9. The molecule has 1 aromatic heterocycles. The maximum Gasteiger partial charge on any atom is 0.312 e. The molecule has 0 atom stereocenters. The van der Waals surface area contributed by atoms with Crippen molar-refractivity contribution in [3.05, 3.63) is 53.2 Å². The van der Waals surface area contributed by atoms with E-state index in [1.807, 2.05) is 12.1 Å². The van der Waals surface area contributed by atoms with Gasteiger partial charge in [-0.05, 0) is 49.8 Å². The molecule has 0 saturated carbocycles. The van der Waals surface area contributed by atoms with Crippen molar-refractivity contribution in [3.63, 3.8) is 0 Å². The molecule has 0 radical (unpaired) electrons. The highest BCUT2D eigenvalue weighted by molar-refractivity contribution is 7.16. The Labute approximate surface area is 179 Å². The van der Waals surface area contributed by atoms with Gasteiger partial charge in [-0.3, -0.25) is 14.4 Å². The van der Waals surface area contributed by atoms with E-state index in [2.05, 4.69) is 5.32 Å². The third kappa shape index (κ3) is 5.54. The molecule has 0 bridgehead atoms. The molecular weight excluding hydrogens is 405 g/mol. The quantitative estimate of drug-likeness (QED) is 0.600. The molecule has 1 N–H and O–H groups in total. The van der Waals surface area contributed by atoms with Crippen molar-refractivity contribution in [2.45, 2.75) is 19.9 Å². The lowest BCUT2D eigenvalue weighted by molar-refractivity contribution is -0.148. The number of hydrogen-bond donors (Lipinski definition) is 1. The summed E-state index contributed by atoms with van der Waals surface area (Å²) < 4.78 is 13.1. The van der Waals surface area contributed by atoms with Gasteiger partial charge in [-0.1, -0.05) is 12.1 Å². The van der Waals surface area contributed by atoms with E-state index in [1.165, 1.54) is 34.4 Å². The monoisotopic (exact) mass is 429 g/mol. The van der Waals surface area contributed by atoms with Crippen molar-refractivity contribution in [2.24, 2.45) is 0 Å². The number of nitrogens with zero attached hydrogens (tertiary/aromatic N) is 2. The van der Waals surface area contributed by atoms with Gasteiger partial charge in [-0.15, -0.1) is 11.3 Å². The van der Waals surface area contributed by atoms with Crippen LogP contribution in [0.25, 0.3) is 16.5 Å². The molecule has 2 aromatic rings. The van der Waals surface area contributed by atoms with E-state index < -0.39 is 11.8 Å². The van der Waals surface area contributed by atoms with Crippen LogP contribution in [0.5, 0.6) is 0 Å². The first-order chi connectivity index (χ1) is 14.3. The van der Waals surface area contributed by atoms with Gasteiger partial charge in [0, 0.05) is 48.1 Å². The van der Waals surface area contributed by atoms with E-state index >= 15 is 0 Å². The lowest BCUT2D eigenvalue weighted by Crippen LogP contribution is -2.54. The predicted octanol–water partition coefficient (Wildman–Crippen LogP) is 2.76. The van der Waals surface area contributed by atoms with Crippen molar-refractivity contribution in [1.29, 1.82) is 0 Å².